The van der Waals surface area contributed by atoms with Crippen molar-refractivity contribution in [3.8, 4) is 5.75 Å². The number of carbonyl (C=O) groups excluding carboxylic acids is 2. The van der Waals surface area contributed by atoms with E-state index in [1.807, 2.05) is 6.92 Å². The summed E-state index contributed by atoms with van der Waals surface area (Å²) in [5, 5.41) is 5.05. The lowest BCUT2D eigenvalue weighted by Crippen LogP contribution is -2.40. The van der Waals surface area contributed by atoms with Crippen molar-refractivity contribution in [1.29, 1.82) is 0 Å². The Kier molecular flexibility index (Phi) is 6.49. The van der Waals surface area contributed by atoms with Crippen LogP contribution >= 0.6 is 0 Å². The van der Waals surface area contributed by atoms with Crippen molar-refractivity contribution < 1.29 is 18.7 Å². The van der Waals surface area contributed by atoms with Gasteiger partial charge in [0.15, 0.2) is 0 Å². The predicted octanol–water partition coefficient (Wildman–Crippen LogP) is 1.24. The van der Waals surface area contributed by atoms with Crippen LogP contribution in [-0.2, 0) is 9.59 Å². The highest BCUT2D eigenvalue weighted by Crippen LogP contribution is 2.14. The predicted molar refractivity (Wildman–Crippen MR) is 72.8 cm³/mol. The zero-order valence-corrected chi connectivity index (χ0v) is 11.6. The number of carbonyl (C=O) groups is 2. The maximum atomic E-state index is 13.0. The van der Waals surface area contributed by atoms with Crippen LogP contribution in [-0.4, -0.2) is 31.0 Å². The molecule has 0 aliphatic carbocycles. The highest BCUT2D eigenvalue weighted by molar-refractivity contribution is 5.83. The van der Waals surface area contributed by atoms with E-state index >= 15 is 0 Å². The Hall–Kier alpha value is -2.11. The van der Waals surface area contributed by atoms with Gasteiger partial charge in [-0.1, -0.05) is 13.0 Å². The normalized spacial score (nSPS) is 11.6. The van der Waals surface area contributed by atoms with E-state index in [2.05, 4.69) is 10.6 Å². The number of benzene rings is 1. The van der Waals surface area contributed by atoms with Crippen LogP contribution in [0.15, 0.2) is 24.3 Å². The molecular weight excluding hydrogens is 263 g/mol. The van der Waals surface area contributed by atoms with E-state index in [1.54, 1.807) is 12.1 Å². The summed E-state index contributed by atoms with van der Waals surface area (Å²) in [4.78, 5) is 22.1. The largest absolute Gasteiger partial charge is 0.489 e. The summed E-state index contributed by atoms with van der Waals surface area (Å²) in [5.41, 5.74) is 0. The van der Waals surface area contributed by atoms with Gasteiger partial charge in [0.05, 0.1) is 13.1 Å². The second kappa shape index (κ2) is 8.14. The summed E-state index contributed by atoms with van der Waals surface area (Å²) in [6.07, 6.45) is 0.412. The number of halogens is 1. The van der Waals surface area contributed by atoms with Gasteiger partial charge in [-0.05, 0) is 18.6 Å². The minimum atomic E-state index is -0.368. The third-order valence-corrected chi connectivity index (χ3v) is 2.58. The molecule has 0 spiro atoms. The second-order valence-corrected chi connectivity index (χ2v) is 4.32. The highest BCUT2D eigenvalue weighted by atomic mass is 19.1. The van der Waals surface area contributed by atoms with Crippen LogP contribution in [0.3, 0.4) is 0 Å². The number of amides is 2. The third kappa shape index (κ3) is 6.17. The van der Waals surface area contributed by atoms with Gasteiger partial charge in [0.2, 0.25) is 11.8 Å². The number of hydrogen-bond acceptors (Lipinski definition) is 3. The highest BCUT2D eigenvalue weighted by Gasteiger charge is 2.10. The Morgan fingerprint density at radius 3 is 2.70 bits per heavy atom. The van der Waals surface area contributed by atoms with Crippen molar-refractivity contribution in [2.45, 2.75) is 26.4 Å². The summed E-state index contributed by atoms with van der Waals surface area (Å²) >= 11 is 0. The summed E-state index contributed by atoms with van der Waals surface area (Å²) in [6, 6.07) is 5.85. The van der Waals surface area contributed by atoms with Crippen molar-refractivity contribution in [3.05, 3.63) is 30.1 Å². The SMILES string of the molecule is CCC(CNC(=O)CNC(C)=O)Oc1cccc(F)c1. The number of hydrogen-bond donors (Lipinski definition) is 2. The first-order valence-electron chi connectivity index (χ1n) is 6.44. The molecule has 0 aromatic heterocycles. The van der Waals surface area contributed by atoms with Gasteiger partial charge in [-0.3, -0.25) is 9.59 Å². The molecule has 110 valence electrons. The van der Waals surface area contributed by atoms with Crippen molar-refractivity contribution in [2.75, 3.05) is 13.1 Å². The fourth-order valence-corrected chi connectivity index (χ4v) is 1.50. The maximum Gasteiger partial charge on any atom is 0.239 e. The van der Waals surface area contributed by atoms with Crippen molar-refractivity contribution in [2.24, 2.45) is 0 Å². The third-order valence-electron chi connectivity index (χ3n) is 2.58. The van der Waals surface area contributed by atoms with E-state index in [1.165, 1.54) is 19.1 Å². The van der Waals surface area contributed by atoms with Gasteiger partial charge >= 0.3 is 0 Å². The number of rotatable bonds is 7. The molecular formula is C14H19FN2O3. The van der Waals surface area contributed by atoms with Crippen molar-refractivity contribution in [1.82, 2.24) is 10.6 Å². The zero-order chi connectivity index (χ0) is 15.0. The van der Waals surface area contributed by atoms with Gasteiger partial charge in [-0.2, -0.15) is 0 Å². The molecule has 0 aliphatic heterocycles. The number of ether oxygens (including phenoxy) is 1. The van der Waals surface area contributed by atoms with Gasteiger partial charge in [-0.25, -0.2) is 4.39 Å². The molecule has 1 atom stereocenters. The van der Waals surface area contributed by atoms with E-state index < -0.39 is 0 Å². The topological polar surface area (TPSA) is 67.4 Å². The average molecular weight is 282 g/mol. The van der Waals surface area contributed by atoms with E-state index in [4.69, 9.17) is 4.74 Å². The molecule has 2 N–H and O–H groups in total. The van der Waals surface area contributed by atoms with Gasteiger partial charge in [0.25, 0.3) is 0 Å². The lowest BCUT2D eigenvalue weighted by Gasteiger charge is -2.18. The summed E-state index contributed by atoms with van der Waals surface area (Å²) < 4.78 is 18.6. The maximum absolute atomic E-state index is 13.0. The smallest absolute Gasteiger partial charge is 0.239 e. The molecule has 1 rings (SSSR count). The van der Waals surface area contributed by atoms with Gasteiger partial charge in [0, 0.05) is 13.0 Å². The first-order chi connectivity index (χ1) is 9.51. The molecule has 0 saturated carbocycles. The monoisotopic (exact) mass is 282 g/mol. The molecule has 2 amide bonds. The van der Waals surface area contributed by atoms with Crippen LogP contribution in [0.2, 0.25) is 0 Å². The van der Waals surface area contributed by atoms with Crippen molar-refractivity contribution >= 4 is 11.8 Å². The van der Waals surface area contributed by atoms with E-state index in [0.29, 0.717) is 18.7 Å². The van der Waals surface area contributed by atoms with Crippen LogP contribution in [0.4, 0.5) is 4.39 Å². The second-order valence-electron chi connectivity index (χ2n) is 4.32. The minimum absolute atomic E-state index is 0.0638. The molecule has 0 radical (unpaired) electrons. The van der Waals surface area contributed by atoms with Crippen molar-refractivity contribution in [3.63, 3.8) is 0 Å². The standard InChI is InChI=1S/C14H19FN2O3/c1-3-12(8-17-14(19)9-16-10(2)18)20-13-6-4-5-11(15)7-13/h4-7,12H,3,8-9H2,1-2H3,(H,16,18)(H,17,19). The molecule has 6 heteroatoms. The van der Waals surface area contributed by atoms with E-state index in [0.717, 1.165) is 0 Å². The molecule has 0 heterocycles. The van der Waals surface area contributed by atoms with Crippen LogP contribution in [0.25, 0.3) is 0 Å². The summed E-state index contributed by atoms with van der Waals surface area (Å²) in [5.74, 6) is -0.496. The molecule has 5 nitrogen and oxygen atoms in total. The Morgan fingerprint density at radius 2 is 2.10 bits per heavy atom. The molecule has 20 heavy (non-hydrogen) atoms. The summed E-state index contributed by atoms with van der Waals surface area (Å²) in [7, 11) is 0. The Balaban J connectivity index is 2.39. The lowest BCUT2D eigenvalue weighted by atomic mass is 10.2. The Bertz CT molecular complexity index is 465. The number of nitrogens with one attached hydrogen (secondary N) is 2. The Morgan fingerprint density at radius 1 is 1.35 bits per heavy atom. The molecule has 0 bridgehead atoms. The fourth-order valence-electron chi connectivity index (χ4n) is 1.50. The molecule has 0 fully saturated rings. The quantitative estimate of drug-likeness (QED) is 0.790. The fraction of sp³-hybridized carbons (Fsp3) is 0.429. The van der Waals surface area contributed by atoms with E-state index in [-0.39, 0.29) is 30.3 Å². The van der Waals surface area contributed by atoms with Gasteiger partial charge < -0.3 is 15.4 Å². The van der Waals surface area contributed by atoms with Crippen LogP contribution in [0, 0.1) is 5.82 Å². The first kappa shape index (κ1) is 15.9. The lowest BCUT2D eigenvalue weighted by molar-refractivity contribution is -0.125. The van der Waals surface area contributed by atoms with Crippen LogP contribution in [0.1, 0.15) is 20.3 Å². The molecule has 1 unspecified atom stereocenters. The zero-order valence-electron chi connectivity index (χ0n) is 11.6. The van der Waals surface area contributed by atoms with Gasteiger partial charge in [0.1, 0.15) is 17.7 Å². The summed E-state index contributed by atoms with van der Waals surface area (Å²) in [6.45, 7) is 3.48. The molecule has 1 aromatic carbocycles. The average Bonchev–Trinajstić information content (AvgIpc) is 2.41. The van der Waals surface area contributed by atoms with E-state index in [9.17, 15) is 14.0 Å². The van der Waals surface area contributed by atoms with Crippen LogP contribution < -0.4 is 15.4 Å². The first-order valence-corrected chi connectivity index (χ1v) is 6.44. The minimum Gasteiger partial charge on any atom is -0.489 e. The molecule has 0 saturated heterocycles. The molecule has 1 aromatic rings. The van der Waals surface area contributed by atoms with Crippen LogP contribution in [0.5, 0.6) is 5.75 Å². The Labute approximate surface area is 117 Å². The molecule has 0 aliphatic rings. The van der Waals surface area contributed by atoms with Gasteiger partial charge in [-0.15, -0.1) is 0 Å².